The van der Waals surface area contributed by atoms with Crippen LogP contribution >= 0.6 is 11.3 Å². The summed E-state index contributed by atoms with van der Waals surface area (Å²) >= 11 is 1.38. The maximum atomic E-state index is 12.4. The van der Waals surface area contributed by atoms with E-state index in [1.165, 1.54) is 11.3 Å². The molecule has 3 aromatic rings. The molecule has 29 heavy (non-hydrogen) atoms. The van der Waals surface area contributed by atoms with E-state index in [0.29, 0.717) is 17.7 Å². The summed E-state index contributed by atoms with van der Waals surface area (Å²) in [5, 5.41) is 5.26. The molecule has 0 atom stereocenters. The van der Waals surface area contributed by atoms with Gasteiger partial charge in [-0.25, -0.2) is 4.98 Å². The molecule has 1 N–H and O–H groups in total. The highest BCUT2D eigenvalue weighted by Crippen LogP contribution is 2.32. The third-order valence-electron chi connectivity index (χ3n) is 4.36. The number of aromatic nitrogens is 1. The number of carbonyl (C=O) groups is 1. The summed E-state index contributed by atoms with van der Waals surface area (Å²) in [6, 6.07) is 13.8. The zero-order chi connectivity index (χ0) is 20.8. The second-order valence-electron chi connectivity index (χ2n) is 7.00. The molecule has 1 heterocycles. The van der Waals surface area contributed by atoms with E-state index < -0.39 is 0 Å². The molecule has 1 aromatic heterocycles. The molecule has 3 rings (SSSR count). The van der Waals surface area contributed by atoms with Gasteiger partial charge in [0.2, 0.25) is 0 Å². The molecular weight excluding hydrogens is 384 g/mol. The van der Waals surface area contributed by atoms with Gasteiger partial charge < -0.3 is 9.47 Å². The van der Waals surface area contributed by atoms with E-state index in [1.54, 1.807) is 0 Å². The van der Waals surface area contributed by atoms with Gasteiger partial charge in [-0.2, -0.15) is 0 Å². The third kappa shape index (κ3) is 5.35. The number of thiazole rings is 1. The van der Waals surface area contributed by atoms with Gasteiger partial charge in [0, 0.05) is 10.9 Å². The van der Waals surface area contributed by atoms with Crippen molar-refractivity contribution in [2.24, 2.45) is 0 Å². The first-order chi connectivity index (χ1) is 14.0. The molecule has 5 nitrogen and oxygen atoms in total. The molecule has 0 aliphatic heterocycles. The highest BCUT2D eigenvalue weighted by atomic mass is 32.1. The Morgan fingerprint density at radius 2 is 1.93 bits per heavy atom. The summed E-state index contributed by atoms with van der Waals surface area (Å²) in [5.41, 5.74) is 3.87. The van der Waals surface area contributed by atoms with Crippen LogP contribution in [0.15, 0.2) is 47.8 Å². The molecule has 0 aliphatic carbocycles. The number of amides is 1. The van der Waals surface area contributed by atoms with Crippen LogP contribution in [0.3, 0.4) is 0 Å². The van der Waals surface area contributed by atoms with Gasteiger partial charge >= 0.3 is 0 Å². The molecule has 2 aromatic carbocycles. The first kappa shape index (κ1) is 20.9. The van der Waals surface area contributed by atoms with Crippen LogP contribution in [-0.2, 0) is 4.79 Å². The molecule has 0 saturated heterocycles. The fraction of sp³-hybridized carbons (Fsp3) is 0.304. The van der Waals surface area contributed by atoms with E-state index in [2.05, 4.69) is 36.3 Å². The summed E-state index contributed by atoms with van der Waals surface area (Å²) in [6.07, 6.45) is 0. The summed E-state index contributed by atoms with van der Waals surface area (Å²) < 4.78 is 11.5. The van der Waals surface area contributed by atoms with Crippen molar-refractivity contribution in [3.63, 3.8) is 0 Å². The number of anilines is 1. The average molecular weight is 411 g/mol. The van der Waals surface area contributed by atoms with Crippen molar-refractivity contribution >= 4 is 22.4 Å². The first-order valence-corrected chi connectivity index (χ1v) is 10.6. The van der Waals surface area contributed by atoms with Crippen molar-refractivity contribution in [1.82, 2.24) is 4.98 Å². The standard InChI is InChI=1S/C23H26N2O3S/c1-5-27-20-9-7-6-8-18(20)19-14-29-23(24-19)25-22(26)13-28-21-12-16(4)10-11-17(21)15(2)3/h6-12,14-15H,5,13H2,1-4H3,(H,24,25,26). The maximum Gasteiger partial charge on any atom is 0.264 e. The number of rotatable bonds is 8. The molecule has 1 amide bonds. The van der Waals surface area contributed by atoms with Crippen LogP contribution in [-0.4, -0.2) is 24.1 Å². The monoisotopic (exact) mass is 410 g/mol. The van der Waals surface area contributed by atoms with Gasteiger partial charge in [-0.15, -0.1) is 11.3 Å². The molecular formula is C23H26N2O3S. The van der Waals surface area contributed by atoms with Crippen LogP contribution in [0.5, 0.6) is 11.5 Å². The maximum absolute atomic E-state index is 12.4. The minimum absolute atomic E-state index is 0.0619. The summed E-state index contributed by atoms with van der Waals surface area (Å²) in [7, 11) is 0. The summed E-state index contributed by atoms with van der Waals surface area (Å²) in [4.78, 5) is 16.9. The van der Waals surface area contributed by atoms with Crippen LogP contribution in [0, 0.1) is 6.92 Å². The number of para-hydroxylation sites is 1. The van der Waals surface area contributed by atoms with E-state index in [9.17, 15) is 4.79 Å². The molecule has 0 radical (unpaired) electrons. The van der Waals surface area contributed by atoms with Crippen LogP contribution in [0.2, 0.25) is 0 Å². The number of ether oxygens (including phenoxy) is 2. The van der Waals surface area contributed by atoms with E-state index in [4.69, 9.17) is 9.47 Å². The lowest BCUT2D eigenvalue weighted by Crippen LogP contribution is -2.20. The van der Waals surface area contributed by atoms with E-state index in [-0.39, 0.29) is 12.5 Å². The topological polar surface area (TPSA) is 60.5 Å². The Kier molecular flexibility index (Phi) is 6.88. The van der Waals surface area contributed by atoms with Crippen molar-refractivity contribution < 1.29 is 14.3 Å². The SMILES string of the molecule is CCOc1ccccc1-c1csc(NC(=O)COc2cc(C)ccc2C(C)C)n1. The van der Waals surface area contributed by atoms with Gasteiger partial charge in [-0.05, 0) is 49.1 Å². The number of nitrogens with zero attached hydrogens (tertiary/aromatic N) is 1. The molecule has 0 unspecified atom stereocenters. The summed E-state index contributed by atoms with van der Waals surface area (Å²) in [6.45, 7) is 8.69. The predicted molar refractivity (Wildman–Crippen MR) is 118 cm³/mol. The Balaban J connectivity index is 1.65. The van der Waals surface area contributed by atoms with Gasteiger partial charge in [-0.1, -0.05) is 38.1 Å². The summed E-state index contributed by atoms with van der Waals surface area (Å²) in [5.74, 6) is 1.61. The van der Waals surface area contributed by atoms with E-state index >= 15 is 0 Å². The van der Waals surface area contributed by atoms with Crippen LogP contribution in [0.4, 0.5) is 5.13 Å². The number of nitrogens with one attached hydrogen (secondary N) is 1. The Hall–Kier alpha value is -2.86. The van der Waals surface area contributed by atoms with Gasteiger partial charge in [0.25, 0.3) is 5.91 Å². The second kappa shape index (κ2) is 9.56. The predicted octanol–water partition coefficient (Wildman–Crippen LogP) is 5.66. The fourth-order valence-electron chi connectivity index (χ4n) is 2.96. The molecule has 6 heteroatoms. The average Bonchev–Trinajstić information content (AvgIpc) is 3.15. The molecule has 152 valence electrons. The number of benzene rings is 2. The Morgan fingerprint density at radius 3 is 2.69 bits per heavy atom. The smallest absolute Gasteiger partial charge is 0.264 e. The van der Waals surface area contributed by atoms with Crippen LogP contribution in [0.1, 0.15) is 37.8 Å². The van der Waals surface area contributed by atoms with Crippen molar-refractivity contribution in [2.75, 3.05) is 18.5 Å². The second-order valence-corrected chi connectivity index (χ2v) is 7.86. The van der Waals surface area contributed by atoms with Crippen molar-refractivity contribution in [3.8, 4) is 22.8 Å². The number of hydrogen-bond donors (Lipinski definition) is 1. The van der Waals surface area contributed by atoms with Crippen LogP contribution < -0.4 is 14.8 Å². The van der Waals surface area contributed by atoms with E-state index in [1.807, 2.05) is 49.6 Å². The van der Waals surface area contributed by atoms with E-state index in [0.717, 1.165) is 33.9 Å². The lowest BCUT2D eigenvalue weighted by atomic mass is 10.0. The Morgan fingerprint density at radius 1 is 1.14 bits per heavy atom. The van der Waals surface area contributed by atoms with Crippen molar-refractivity contribution in [2.45, 2.75) is 33.6 Å². The third-order valence-corrected chi connectivity index (χ3v) is 5.12. The first-order valence-electron chi connectivity index (χ1n) is 9.68. The van der Waals surface area contributed by atoms with Crippen molar-refractivity contribution in [1.29, 1.82) is 0 Å². The largest absolute Gasteiger partial charge is 0.493 e. The van der Waals surface area contributed by atoms with Gasteiger partial charge in [0.05, 0.1) is 12.3 Å². The highest BCUT2D eigenvalue weighted by molar-refractivity contribution is 7.14. The van der Waals surface area contributed by atoms with Crippen molar-refractivity contribution in [3.05, 3.63) is 59.0 Å². The molecule has 0 bridgehead atoms. The quantitative estimate of drug-likeness (QED) is 0.521. The molecule has 0 fully saturated rings. The minimum Gasteiger partial charge on any atom is -0.493 e. The van der Waals surface area contributed by atoms with Crippen LogP contribution in [0.25, 0.3) is 11.3 Å². The van der Waals surface area contributed by atoms with Gasteiger partial charge in [0.15, 0.2) is 11.7 Å². The zero-order valence-corrected chi connectivity index (χ0v) is 18.0. The number of hydrogen-bond acceptors (Lipinski definition) is 5. The molecule has 0 saturated carbocycles. The fourth-order valence-corrected chi connectivity index (χ4v) is 3.68. The lowest BCUT2D eigenvalue weighted by molar-refractivity contribution is -0.118. The Bertz CT molecular complexity index is 982. The molecule has 0 aliphatic rings. The normalized spacial score (nSPS) is 10.8. The Labute approximate surface area is 175 Å². The van der Waals surface area contributed by atoms with Gasteiger partial charge in [-0.3, -0.25) is 10.1 Å². The highest BCUT2D eigenvalue weighted by Gasteiger charge is 2.13. The number of aryl methyl sites for hydroxylation is 1. The lowest BCUT2D eigenvalue weighted by Gasteiger charge is -2.14. The number of carbonyl (C=O) groups excluding carboxylic acids is 1. The zero-order valence-electron chi connectivity index (χ0n) is 17.2. The van der Waals surface area contributed by atoms with Gasteiger partial charge in [0.1, 0.15) is 11.5 Å². The minimum atomic E-state index is -0.236. The molecule has 0 spiro atoms.